The van der Waals surface area contributed by atoms with Crippen LogP contribution in [0.15, 0.2) is 46.6 Å². The number of phenolic OH excluding ortho intramolecular Hbond substituents is 1. The molecule has 0 aliphatic carbocycles. The Morgan fingerprint density at radius 1 is 1.27 bits per heavy atom. The first-order valence-electron chi connectivity index (χ1n) is 7.86. The summed E-state index contributed by atoms with van der Waals surface area (Å²) in [6.07, 6.45) is 2.76. The number of aromatic hydroxyl groups is 1. The molecular formula is C18H16N2O6. The van der Waals surface area contributed by atoms with Gasteiger partial charge in [0.05, 0.1) is 19.4 Å². The Hall–Kier alpha value is -3.55. The first-order valence-corrected chi connectivity index (χ1v) is 7.86. The monoisotopic (exact) mass is 356 g/mol. The number of barbiturate groups is 1. The van der Waals surface area contributed by atoms with E-state index in [1.54, 1.807) is 19.1 Å². The fourth-order valence-corrected chi connectivity index (χ4v) is 2.45. The molecule has 0 atom stereocenters. The summed E-state index contributed by atoms with van der Waals surface area (Å²) < 4.78 is 10.4. The van der Waals surface area contributed by atoms with Crippen LogP contribution in [0.5, 0.6) is 11.5 Å². The Bertz CT molecular complexity index is 885. The van der Waals surface area contributed by atoms with Gasteiger partial charge in [-0.25, -0.2) is 4.79 Å². The minimum Gasteiger partial charge on any atom is -0.504 e. The molecule has 1 aromatic heterocycles. The molecule has 0 spiro atoms. The molecule has 0 unspecified atom stereocenters. The predicted octanol–water partition coefficient (Wildman–Crippen LogP) is 2.05. The summed E-state index contributed by atoms with van der Waals surface area (Å²) in [4.78, 5) is 37.6. The summed E-state index contributed by atoms with van der Waals surface area (Å²) in [6, 6.07) is 6.87. The maximum Gasteiger partial charge on any atom is 0.331 e. The normalized spacial score (nSPS) is 16.1. The molecule has 4 amide bonds. The number of hydrogen-bond acceptors (Lipinski definition) is 6. The van der Waals surface area contributed by atoms with Gasteiger partial charge in [-0.1, -0.05) is 6.07 Å². The van der Waals surface area contributed by atoms with E-state index in [-0.39, 0.29) is 23.6 Å². The van der Waals surface area contributed by atoms with Crippen molar-refractivity contribution in [2.75, 3.05) is 6.61 Å². The van der Waals surface area contributed by atoms with Crippen LogP contribution in [0.1, 0.15) is 18.2 Å². The SMILES string of the molecule is CCOc1cc(/C=C2\C(=O)NC(=O)N(Cc3ccco3)C2=O)ccc1O. The lowest BCUT2D eigenvalue weighted by molar-refractivity contribution is -0.130. The molecule has 1 aromatic carbocycles. The second kappa shape index (κ2) is 7.14. The van der Waals surface area contributed by atoms with E-state index in [2.05, 4.69) is 5.32 Å². The number of carbonyl (C=O) groups excluding carboxylic acids is 3. The van der Waals surface area contributed by atoms with Gasteiger partial charge in [-0.2, -0.15) is 0 Å². The third-order valence-corrected chi connectivity index (χ3v) is 3.67. The zero-order valence-corrected chi connectivity index (χ0v) is 13.9. The minimum atomic E-state index is -0.811. The van der Waals surface area contributed by atoms with E-state index in [1.165, 1.54) is 30.5 Å². The molecule has 0 saturated carbocycles. The Balaban J connectivity index is 1.91. The van der Waals surface area contributed by atoms with E-state index in [0.29, 0.717) is 17.9 Å². The topological polar surface area (TPSA) is 109 Å². The van der Waals surface area contributed by atoms with Crippen molar-refractivity contribution in [3.8, 4) is 11.5 Å². The Morgan fingerprint density at radius 2 is 2.08 bits per heavy atom. The molecular weight excluding hydrogens is 340 g/mol. The molecule has 2 heterocycles. The van der Waals surface area contributed by atoms with Gasteiger partial charge in [0.2, 0.25) is 0 Å². The van der Waals surface area contributed by atoms with E-state index >= 15 is 0 Å². The van der Waals surface area contributed by atoms with Crippen molar-refractivity contribution in [2.45, 2.75) is 13.5 Å². The van der Waals surface area contributed by atoms with E-state index in [4.69, 9.17) is 9.15 Å². The lowest BCUT2D eigenvalue weighted by Crippen LogP contribution is -2.53. The van der Waals surface area contributed by atoms with Crippen molar-refractivity contribution in [3.63, 3.8) is 0 Å². The average Bonchev–Trinajstić information content (AvgIpc) is 3.11. The van der Waals surface area contributed by atoms with Gasteiger partial charge in [-0.3, -0.25) is 19.8 Å². The number of nitrogens with one attached hydrogen (secondary N) is 1. The Labute approximate surface area is 148 Å². The third-order valence-electron chi connectivity index (χ3n) is 3.67. The molecule has 2 N–H and O–H groups in total. The second-order valence-corrected chi connectivity index (χ2v) is 5.45. The van der Waals surface area contributed by atoms with E-state index < -0.39 is 17.8 Å². The summed E-state index contributed by atoms with van der Waals surface area (Å²) in [5, 5.41) is 11.9. The zero-order valence-electron chi connectivity index (χ0n) is 13.9. The molecule has 8 nitrogen and oxygen atoms in total. The number of furan rings is 1. The summed E-state index contributed by atoms with van der Waals surface area (Å²) in [6.45, 7) is 2.02. The highest BCUT2D eigenvalue weighted by molar-refractivity contribution is 6.30. The standard InChI is InChI=1S/C18H16N2O6/c1-2-25-15-9-11(5-6-14(15)21)8-13-16(22)19-18(24)20(17(13)23)10-12-4-3-7-26-12/h3-9,21H,2,10H2,1H3,(H,19,22,24)/b13-8+. The van der Waals surface area contributed by atoms with E-state index in [1.807, 2.05) is 0 Å². The van der Waals surface area contributed by atoms with Crippen molar-refractivity contribution < 1.29 is 28.6 Å². The molecule has 1 saturated heterocycles. The first-order chi connectivity index (χ1) is 12.5. The number of carbonyl (C=O) groups is 3. The summed E-state index contributed by atoms with van der Waals surface area (Å²) in [5.74, 6) is -0.939. The van der Waals surface area contributed by atoms with Gasteiger partial charge in [0.25, 0.3) is 11.8 Å². The highest BCUT2D eigenvalue weighted by Gasteiger charge is 2.36. The van der Waals surface area contributed by atoms with Crippen molar-refractivity contribution in [1.29, 1.82) is 0 Å². The van der Waals surface area contributed by atoms with Crippen molar-refractivity contribution in [2.24, 2.45) is 0 Å². The Morgan fingerprint density at radius 3 is 2.77 bits per heavy atom. The summed E-state index contributed by atoms with van der Waals surface area (Å²) in [5.41, 5.74) is 0.265. The van der Waals surface area contributed by atoms with Crippen LogP contribution in [0.25, 0.3) is 6.08 Å². The Kier molecular flexibility index (Phi) is 4.74. The number of urea groups is 1. The number of nitrogens with zero attached hydrogens (tertiary/aromatic N) is 1. The molecule has 0 radical (unpaired) electrons. The predicted molar refractivity (Wildman–Crippen MR) is 90.0 cm³/mol. The van der Waals surface area contributed by atoms with Gasteiger partial charge in [-0.05, 0) is 42.8 Å². The van der Waals surface area contributed by atoms with Crippen LogP contribution < -0.4 is 10.1 Å². The van der Waals surface area contributed by atoms with Crippen LogP contribution in [0, 0.1) is 0 Å². The molecule has 2 aromatic rings. The van der Waals surface area contributed by atoms with Crippen LogP contribution in [0.3, 0.4) is 0 Å². The summed E-state index contributed by atoms with van der Waals surface area (Å²) >= 11 is 0. The van der Waals surface area contributed by atoms with Crippen LogP contribution in [-0.4, -0.2) is 34.5 Å². The fraction of sp³-hybridized carbons (Fsp3) is 0.167. The molecule has 8 heteroatoms. The van der Waals surface area contributed by atoms with Gasteiger partial charge in [0, 0.05) is 0 Å². The molecule has 3 rings (SSSR count). The summed E-state index contributed by atoms with van der Waals surface area (Å²) in [7, 11) is 0. The van der Waals surface area contributed by atoms with E-state index in [9.17, 15) is 19.5 Å². The number of rotatable bonds is 5. The highest BCUT2D eigenvalue weighted by Crippen LogP contribution is 2.28. The molecule has 1 aliphatic rings. The maximum absolute atomic E-state index is 12.6. The molecule has 0 bridgehead atoms. The van der Waals surface area contributed by atoms with Crippen molar-refractivity contribution >= 4 is 23.9 Å². The fourth-order valence-electron chi connectivity index (χ4n) is 2.45. The van der Waals surface area contributed by atoms with Gasteiger partial charge in [0.15, 0.2) is 11.5 Å². The largest absolute Gasteiger partial charge is 0.504 e. The highest BCUT2D eigenvalue weighted by atomic mass is 16.5. The second-order valence-electron chi connectivity index (χ2n) is 5.45. The number of ether oxygens (including phenoxy) is 1. The number of phenols is 1. The third kappa shape index (κ3) is 3.44. The number of imide groups is 2. The van der Waals surface area contributed by atoms with E-state index in [0.717, 1.165) is 4.90 Å². The van der Waals surface area contributed by atoms with Gasteiger partial charge in [-0.15, -0.1) is 0 Å². The molecule has 1 aliphatic heterocycles. The lowest BCUT2D eigenvalue weighted by Gasteiger charge is -2.25. The van der Waals surface area contributed by atoms with Gasteiger partial charge >= 0.3 is 6.03 Å². The van der Waals surface area contributed by atoms with Crippen LogP contribution in [-0.2, 0) is 16.1 Å². The quantitative estimate of drug-likeness (QED) is 0.627. The van der Waals surface area contributed by atoms with Crippen molar-refractivity contribution in [3.05, 3.63) is 53.5 Å². The number of benzene rings is 1. The number of amides is 4. The zero-order chi connectivity index (χ0) is 18.7. The first kappa shape index (κ1) is 17.3. The van der Waals surface area contributed by atoms with Gasteiger partial charge in [0.1, 0.15) is 11.3 Å². The smallest absolute Gasteiger partial charge is 0.331 e. The molecule has 1 fully saturated rings. The number of hydrogen-bond donors (Lipinski definition) is 2. The molecule has 26 heavy (non-hydrogen) atoms. The minimum absolute atomic E-state index is 0.0527. The van der Waals surface area contributed by atoms with Crippen LogP contribution in [0.4, 0.5) is 4.79 Å². The maximum atomic E-state index is 12.6. The van der Waals surface area contributed by atoms with Crippen LogP contribution >= 0.6 is 0 Å². The average molecular weight is 356 g/mol. The van der Waals surface area contributed by atoms with Gasteiger partial charge < -0.3 is 14.3 Å². The molecule has 134 valence electrons. The van der Waals surface area contributed by atoms with Crippen LogP contribution in [0.2, 0.25) is 0 Å². The van der Waals surface area contributed by atoms with Crippen molar-refractivity contribution in [1.82, 2.24) is 10.2 Å². The lowest BCUT2D eigenvalue weighted by atomic mass is 10.1.